The Balaban J connectivity index is 3.82. The third-order valence-corrected chi connectivity index (χ3v) is 2.81. The van der Waals surface area contributed by atoms with Gasteiger partial charge in [0.15, 0.2) is 0 Å². The summed E-state index contributed by atoms with van der Waals surface area (Å²) in [4.78, 5) is 13.7. The lowest BCUT2D eigenvalue weighted by molar-refractivity contribution is -0.131. The molecule has 1 unspecified atom stereocenters. The quantitative estimate of drug-likeness (QED) is 0.648. The van der Waals surface area contributed by atoms with Gasteiger partial charge in [0.25, 0.3) is 0 Å². The average Bonchev–Trinajstić information content (AvgIpc) is 2.28. The van der Waals surface area contributed by atoms with Crippen molar-refractivity contribution in [2.24, 2.45) is 11.7 Å². The van der Waals surface area contributed by atoms with Crippen LogP contribution in [0.4, 0.5) is 0 Å². The lowest BCUT2D eigenvalue weighted by Crippen LogP contribution is -2.33. The molecule has 0 aliphatic carbocycles. The maximum Gasteiger partial charge on any atom is 0.222 e. The van der Waals surface area contributed by atoms with E-state index in [2.05, 4.69) is 6.92 Å². The molecule has 0 aliphatic rings. The molecule has 0 aliphatic heterocycles. The molecule has 0 aromatic heterocycles. The smallest absolute Gasteiger partial charge is 0.222 e. The number of carbonyl (C=O) groups excluding carboxylic acids is 1. The molecule has 96 valence electrons. The number of hydrogen-bond acceptors (Lipinski definition) is 3. The van der Waals surface area contributed by atoms with Gasteiger partial charge in [0.2, 0.25) is 5.91 Å². The summed E-state index contributed by atoms with van der Waals surface area (Å²) in [6.07, 6.45) is 2.55. The van der Waals surface area contributed by atoms with E-state index in [1.165, 1.54) is 0 Å². The Morgan fingerprint density at radius 1 is 1.44 bits per heavy atom. The Labute approximate surface area is 99.1 Å². The van der Waals surface area contributed by atoms with Gasteiger partial charge in [-0.3, -0.25) is 4.79 Å². The number of rotatable bonds is 9. The highest BCUT2D eigenvalue weighted by Gasteiger charge is 2.12. The number of methoxy groups -OCH3 is 1. The van der Waals surface area contributed by atoms with Gasteiger partial charge in [0, 0.05) is 26.6 Å². The van der Waals surface area contributed by atoms with Crippen LogP contribution in [-0.2, 0) is 9.53 Å². The molecule has 0 aromatic rings. The Morgan fingerprint density at radius 3 is 2.62 bits per heavy atom. The van der Waals surface area contributed by atoms with E-state index in [-0.39, 0.29) is 5.91 Å². The third kappa shape index (κ3) is 6.80. The van der Waals surface area contributed by atoms with Gasteiger partial charge in [-0.25, -0.2) is 0 Å². The fourth-order valence-corrected chi connectivity index (χ4v) is 1.62. The van der Waals surface area contributed by atoms with Gasteiger partial charge < -0.3 is 15.4 Å². The number of likely N-dealkylation sites (N-methyl/N-ethyl adjacent to an activating group) is 1. The standard InChI is InChI=1S/C12H26N2O2/c1-4-14(9-10-16-3)12(15)6-5-11(2)7-8-13/h11H,4-10,13H2,1-3H3. The van der Waals surface area contributed by atoms with Gasteiger partial charge in [-0.15, -0.1) is 0 Å². The topological polar surface area (TPSA) is 55.6 Å². The molecule has 0 radical (unpaired) electrons. The first-order valence-corrected chi connectivity index (χ1v) is 6.12. The minimum Gasteiger partial charge on any atom is -0.383 e. The van der Waals surface area contributed by atoms with Crippen molar-refractivity contribution in [1.82, 2.24) is 4.90 Å². The highest BCUT2D eigenvalue weighted by molar-refractivity contribution is 5.76. The van der Waals surface area contributed by atoms with E-state index in [1.54, 1.807) is 7.11 Å². The molecule has 16 heavy (non-hydrogen) atoms. The van der Waals surface area contributed by atoms with Crippen LogP contribution in [0.1, 0.15) is 33.1 Å². The van der Waals surface area contributed by atoms with Gasteiger partial charge in [0.1, 0.15) is 0 Å². The van der Waals surface area contributed by atoms with Crippen molar-refractivity contribution in [3.63, 3.8) is 0 Å². The SMILES string of the molecule is CCN(CCOC)C(=O)CCC(C)CCN. The average molecular weight is 230 g/mol. The van der Waals surface area contributed by atoms with Crippen LogP contribution in [0, 0.1) is 5.92 Å². The summed E-state index contributed by atoms with van der Waals surface area (Å²) in [5, 5.41) is 0. The number of ether oxygens (including phenoxy) is 1. The van der Waals surface area contributed by atoms with Crippen LogP contribution in [0.15, 0.2) is 0 Å². The second-order valence-corrected chi connectivity index (χ2v) is 4.19. The molecule has 0 spiro atoms. The Hall–Kier alpha value is -0.610. The van der Waals surface area contributed by atoms with E-state index in [0.717, 1.165) is 19.4 Å². The highest BCUT2D eigenvalue weighted by Crippen LogP contribution is 2.10. The summed E-state index contributed by atoms with van der Waals surface area (Å²) in [5.41, 5.74) is 5.48. The van der Waals surface area contributed by atoms with Crippen LogP contribution in [0.5, 0.6) is 0 Å². The van der Waals surface area contributed by atoms with Crippen molar-refractivity contribution in [3.05, 3.63) is 0 Å². The lowest BCUT2D eigenvalue weighted by atomic mass is 10.0. The first-order chi connectivity index (χ1) is 7.65. The summed E-state index contributed by atoms with van der Waals surface area (Å²) in [5.74, 6) is 0.763. The molecule has 0 saturated carbocycles. The molecule has 0 bridgehead atoms. The van der Waals surface area contributed by atoms with E-state index in [9.17, 15) is 4.79 Å². The van der Waals surface area contributed by atoms with Crippen molar-refractivity contribution >= 4 is 5.91 Å². The molecule has 0 aromatic carbocycles. The second-order valence-electron chi connectivity index (χ2n) is 4.19. The fourth-order valence-electron chi connectivity index (χ4n) is 1.62. The monoisotopic (exact) mass is 230 g/mol. The Kier molecular flexibility index (Phi) is 9.24. The van der Waals surface area contributed by atoms with Crippen molar-refractivity contribution in [3.8, 4) is 0 Å². The zero-order valence-corrected chi connectivity index (χ0v) is 10.9. The first kappa shape index (κ1) is 15.4. The van der Waals surface area contributed by atoms with Crippen molar-refractivity contribution in [1.29, 1.82) is 0 Å². The third-order valence-electron chi connectivity index (χ3n) is 2.81. The van der Waals surface area contributed by atoms with E-state index < -0.39 is 0 Å². The van der Waals surface area contributed by atoms with Crippen molar-refractivity contribution < 1.29 is 9.53 Å². The predicted octanol–water partition coefficient (Wildman–Crippen LogP) is 1.25. The van der Waals surface area contributed by atoms with E-state index in [4.69, 9.17) is 10.5 Å². The van der Waals surface area contributed by atoms with Gasteiger partial charge in [-0.05, 0) is 32.2 Å². The van der Waals surface area contributed by atoms with Gasteiger partial charge in [-0.1, -0.05) is 6.92 Å². The van der Waals surface area contributed by atoms with Crippen LogP contribution in [0.2, 0.25) is 0 Å². The zero-order valence-electron chi connectivity index (χ0n) is 10.9. The molecule has 4 nitrogen and oxygen atoms in total. The van der Waals surface area contributed by atoms with E-state index >= 15 is 0 Å². The molecule has 0 heterocycles. The largest absolute Gasteiger partial charge is 0.383 e. The predicted molar refractivity (Wildman–Crippen MR) is 66.2 cm³/mol. The molecule has 0 fully saturated rings. The lowest BCUT2D eigenvalue weighted by Gasteiger charge is -2.21. The number of hydrogen-bond donors (Lipinski definition) is 1. The summed E-state index contributed by atoms with van der Waals surface area (Å²) in [7, 11) is 1.65. The van der Waals surface area contributed by atoms with Crippen LogP contribution in [-0.4, -0.2) is 44.2 Å². The molecule has 1 atom stereocenters. The zero-order chi connectivity index (χ0) is 12.4. The molecule has 0 rings (SSSR count). The Bertz CT molecular complexity index is 186. The highest BCUT2D eigenvalue weighted by atomic mass is 16.5. The summed E-state index contributed by atoms with van der Waals surface area (Å²) in [6.45, 7) is 6.90. The maximum atomic E-state index is 11.8. The summed E-state index contributed by atoms with van der Waals surface area (Å²) < 4.78 is 4.98. The van der Waals surface area contributed by atoms with Gasteiger partial charge in [0.05, 0.1) is 6.61 Å². The van der Waals surface area contributed by atoms with E-state index in [0.29, 0.717) is 32.0 Å². The molecule has 2 N–H and O–H groups in total. The normalized spacial score (nSPS) is 12.5. The number of nitrogens with zero attached hydrogens (tertiary/aromatic N) is 1. The summed E-state index contributed by atoms with van der Waals surface area (Å²) in [6, 6.07) is 0. The van der Waals surface area contributed by atoms with E-state index in [1.807, 2.05) is 11.8 Å². The van der Waals surface area contributed by atoms with Crippen LogP contribution in [0.25, 0.3) is 0 Å². The molecular weight excluding hydrogens is 204 g/mol. The molecule has 4 heteroatoms. The van der Waals surface area contributed by atoms with Gasteiger partial charge in [-0.2, -0.15) is 0 Å². The minimum absolute atomic E-state index is 0.225. The molecular formula is C12H26N2O2. The second kappa shape index (κ2) is 9.60. The Morgan fingerprint density at radius 2 is 2.12 bits per heavy atom. The van der Waals surface area contributed by atoms with Crippen molar-refractivity contribution in [2.45, 2.75) is 33.1 Å². The maximum absolute atomic E-state index is 11.8. The fraction of sp³-hybridized carbons (Fsp3) is 0.917. The first-order valence-electron chi connectivity index (χ1n) is 6.12. The van der Waals surface area contributed by atoms with Crippen LogP contribution >= 0.6 is 0 Å². The van der Waals surface area contributed by atoms with Crippen molar-refractivity contribution in [2.75, 3.05) is 33.4 Å². The number of amides is 1. The van der Waals surface area contributed by atoms with Crippen LogP contribution in [0.3, 0.4) is 0 Å². The van der Waals surface area contributed by atoms with Crippen LogP contribution < -0.4 is 5.73 Å². The molecule has 1 amide bonds. The number of carbonyl (C=O) groups is 1. The molecule has 0 saturated heterocycles. The number of nitrogens with two attached hydrogens (primary N) is 1. The van der Waals surface area contributed by atoms with Gasteiger partial charge >= 0.3 is 0 Å². The summed E-state index contributed by atoms with van der Waals surface area (Å²) >= 11 is 0. The minimum atomic E-state index is 0.225.